The SMILES string of the molecule is CN(C)C1CCN(CC(N)(C(=O)O)c2ccccc2)CC1. The number of carbonyl (C=O) groups is 1. The molecule has 1 atom stereocenters. The summed E-state index contributed by atoms with van der Waals surface area (Å²) in [7, 11) is 4.18. The average Bonchev–Trinajstić information content (AvgIpc) is 2.48. The number of hydrogen-bond acceptors (Lipinski definition) is 4. The van der Waals surface area contributed by atoms with Crippen molar-refractivity contribution in [2.24, 2.45) is 5.73 Å². The predicted molar refractivity (Wildman–Crippen MR) is 83.1 cm³/mol. The number of carboxylic acid groups (broad SMARTS) is 1. The lowest BCUT2D eigenvalue weighted by Crippen LogP contribution is -2.55. The Morgan fingerprint density at radius 1 is 1.33 bits per heavy atom. The molecular weight excluding hydrogens is 266 g/mol. The molecule has 116 valence electrons. The molecule has 1 aromatic carbocycles. The maximum absolute atomic E-state index is 11.7. The van der Waals surface area contributed by atoms with Crippen LogP contribution < -0.4 is 5.73 Å². The van der Waals surface area contributed by atoms with Gasteiger partial charge in [0.15, 0.2) is 5.54 Å². The van der Waals surface area contributed by atoms with Crippen LogP contribution in [0.4, 0.5) is 0 Å². The summed E-state index contributed by atoms with van der Waals surface area (Å²) in [5.74, 6) is -0.969. The summed E-state index contributed by atoms with van der Waals surface area (Å²) in [6.07, 6.45) is 2.11. The van der Waals surface area contributed by atoms with Crippen LogP contribution in [0.5, 0.6) is 0 Å². The fourth-order valence-corrected chi connectivity index (χ4v) is 2.96. The average molecular weight is 291 g/mol. The summed E-state index contributed by atoms with van der Waals surface area (Å²) in [4.78, 5) is 16.1. The van der Waals surface area contributed by atoms with Crippen LogP contribution >= 0.6 is 0 Å². The van der Waals surface area contributed by atoms with E-state index >= 15 is 0 Å². The normalized spacial score (nSPS) is 20.4. The number of likely N-dealkylation sites (tertiary alicyclic amines) is 1. The van der Waals surface area contributed by atoms with Gasteiger partial charge < -0.3 is 20.6 Å². The number of nitrogens with zero attached hydrogens (tertiary/aromatic N) is 2. The first kappa shape index (κ1) is 15.9. The number of carboxylic acids is 1. The lowest BCUT2D eigenvalue weighted by molar-refractivity contribution is -0.144. The van der Waals surface area contributed by atoms with E-state index in [1.54, 1.807) is 12.1 Å². The number of benzene rings is 1. The molecule has 0 radical (unpaired) electrons. The van der Waals surface area contributed by atoms with Gasteiger partial charge in [0.25, 0.3) is 0 Å². The van der Waals surface area contributed by atoms with Gasteiger partial charge in [-0.2, -0.15) is 0 Å². The van der Waals surface area contributed by atoms with Gasteiger partial charge in [-0.1, -0.05) is 30.3 Å². The molecule has 0 spiro atoms. The van der Waals surface area contributed by atoms with Crippen LogP contribution in [0.15, 0.2) is 30.3 Å². The molecule has 1 saturated heterocycles. The van der Waals surface area contributed by atoms with E-state index in [1.165, 1.54) is 0 Å². The standard InChI is InChI=1S/C16H25N3O2/c1-18(2)14-8-10-19(11-9-14)12-16(17,15(20)21)13-6-4-3-5-7-13/h3-7,14H,8-12,17H2,1-2H3,(H,20,21). The minimum absolute atomic E-state index is 0.354. The Labute approximate surface area is 126 Å². The first-order valence-electron chi connectivity index (χ1n) is 7.40. The molecule has 1 fully saturated rings. The molecular formula is C16H25N3O2. The zero-order valence-electron chi connectivity index (χ0n) is 12.8. The van der Waals surface area contributed by atoms with E-state index in [1.807, 2.05) is 18.2 Å². The zero-order chi connectivity index (χ0) is 15.5. The number of hydrogen-bond donors (Lipinski definition) is 2. The van der Waals surface area contributed by atoms with Crippen LogP contribution in [0, 0.1) is 0 Å². The molecule has 5 heteroatoms. The van der Waals surface area contributed by atoms with Gasteiger partial charge in [0.05, 0.1) is 0 Å². The van der Waals surface area contributed by atoms with Crippen molar-refractivity contribution in [1.29, 1.82) is 0 Å². The molecule has 3 N–H and O–H groups in total. The van der Waals surface area contributed by atoms with Gasteiger partial charge in [0.2, 0.25) is 0 Å². The second-order valence-electron chi connectivity index (χ2n) is 6.11. The zero-order valence-corrected chi connectivity index (χ0v) is 12.8. The van der Waals surface area contributed by atoms with Crippen LogP contribution in [0.3, 0.4) is 0 Å². The smallest absolute Gasteiger partial charge is 0.329 e. The molecule has 2 rings (SSSR count). The fraction of sp³-hybridized carbons (Fsp3) is 0.562. The Morgan fingerprint density at radius 2 is 1.90 bits per heavy atom. The van der Waals surface area contributed by atoms with Crippen molar-refractivity contribution in [3.05, 3.63) is 35.9 Å². The molecule has 1 aliphatic rings. The molecule has 1 unspecified atom stereocenters. The van der Waals surface area contributed by atoms with Crippen molar-refractivity contribution in [2.75, 3.05) is 33.7 Å². The highest BCUT2D eigenvalue weighted by atomic mass is 16.4. The lowest BCUT2D eigenvalue weighted by atomic mass is 9.89. The van der Waals surface area contributed by atoms with Crippen LogP contribution in [-0.2, 0) is 10.3 Å². The molecule has 5 nitrogen and oxygen atoms in total. The third kappa shape index (κ3) is 3.61. The maximum Gasteiger partial charge on any atom is 0.329 e. The molecule has 0 bridgehead atoms. The number of rotatable bonds is 5. The predicted octanol–water partition coefficient (Wildman–Crippen LogP) is 0.951. The second kappa shape index (κ2) is 6.56. The Morgan fingerprint density at radius 3 is 2.38 bits per heavy atom. The van der Waals surface area contributed by atoms with Gasteiger partial charge >= 0.3 is 5.97 Å². The summed E-state index contributed by atoms with van der Waals surface area (Å²) >= 11 is 0. The quantitative estimate of drug-likeness (QED) is 0.845. The minimum atomic E-state index is -1.34. The van der Waals surface area contributed by atoms with Crippen molar-refractivity contribution in [2.45, 2.75) is 24.4 Å². The van der Waals surface area contributed by atoms with Gasteiger partial charge in [-0.15, -0.1) is 0 Å². The Hall–Kier alpha value is -1.43. The Kier molecular flexibility index (Phi) is 4.98. The van der Waals surface area contributed by atoms with E-state index in [-0.39, 0.29) is 0 Å². The summed E-state index contributed by atoms with van der Waals surface area (Å²) in [6.45, 7) is 2.14. The molecule has 1 aliphatic heterocycles. The van der Waals surface area contributed by atoms with Gasteiger partial charge in [-0.05, 0) is 45.6 Å². The first-order valence-corrected chi connectivity index (χ1v) is 7.40. The van der Waals surface area contributed by atoms with Crippen molar-refractivity contribution in [3.8, 4) is 0 Å². The first-order chi connectivity index (χ1) is 9.93. The monoisotopic (exact) mass is 291 g/mol. The summed E-state index contributed by atoms with van der Waals surface area (Å²) < 4.78 is 0. The molecule has 0 saturated carbocycles. The highest BCUT2D eigenvalue weighted by molar-refractivity contribution is 5.80. The molecule has 21 heavy (non-hydrogen) atoms. The molecule has 1 heterocycles. The maximum atomic E-state index is 11.7. The van der Waals surface area contributed by atoms with E-state index < -0.39 is 11.5 Å². The summed E-state index contributed by atoms with van der Waals surface area (Å²) in [5, 5.41) is 9.60. The van der Waals surface area contributed by atoms with E-state index in [4.69, 9.17) is 5.73 Å². The molecule has 1 aromatic rings. The lowest BCUT2D eigenvalue weighted by Gasteiger charge is -2.38. The van der Waals surface area contributed by atoms with Gasteiger partial charge in [0.1, 0.15) is 0 Å². The van der Waals surface area contributed by atoms with E-state index in [0.29, 0.717) is 18.2 Å². The van der Waals surface area contributed by atoms with Crippen LogP contribution in [0.25, 0.3) is 0 Å². The number of nitrogens with two attached hydrogens (primary N) is 1. The molecule has 0 aliphatic carbocycles. The third-order valence-corrected chi connectivity index (χ3v) is 4.43. The van der Waals surface area contributed by atoms with Crippen LogP contribution in [-0.4, -0.2) is 60.6 Å². The summed E-state index contributed by atoms with van der Waals surface area (Å²) in [6, 6.07) is 9.70. The van der Waals surface area contributed by atoms with E-state index in [9.17, 15) is 9.90 Å². The van der Waals surface area contributed by atoms with Crippen molar-refractivity contribution >= 4 is 5.97 Å². The van der Waals surface area contributed by atoms with Crippen molar-refractivity contribution in [3.63, 3.8) is 0 Å². The minimum Gasteiger partial charge on any atom is -0.480 e. The fourth-order valence-electron chi connectivity index (χ4n) is 2.96. The highest BCUT2D eigenvalue weighted by Crippen LogP contribution is 2.23. The number of aliphatic carboxylic acids is 1. The third-order valence-electron chi connectivity index (χ3n) is 4.43. The Bertz CT molecular complexity index is 470. The Balaban J connectivity index is 2.07. The second-order valence-corrected chi connectivity index (χ2v) is 6.11. The van der Waals surface area contributed by atoms with E-state index in [0.717, 1.165) is 25.9 Å². The van der Waals surface area contributed by atoms with Crippen LogP contribution in [0.2, 0.25) is 0 Å². The van der Waals surface area contributed by atoms with E-state index in [2.05, 4.69) is 23.9 Å². The van der Waals surface area contributed by atoms with Gasteiger partial charge in [0, 0.05) is 12.6 Å². The molecule has 0 amide bonds. The highest BCUT2D eigenvalue weighted by Gasteiger charge is 2.38. The van der Waals surface area contributed by atoms with Crippen molar-refractivity contribution < 1.29 is 9.90 Å². The van der Waals surface area contributed by atoms with Gasteiger partial charge in [-0.3, -0.25) is 0 Å². The van der Waals surface area contributed by atoms with Crippen LogP contribution in [0.1, 0.15) is 18.4 Å². The largest absolute Gasteiger partial charge is 0.480 e. The number of piperidine rings is 1. The van der Waals surface area contributed by atoms with Crippen molar-refractivity contribution in [1.82, 2.24) is 9.80 Å². The van der Waals surface area contributed by atoms with Gasteiger partial charge in [-0.25, -0.2) is 4.79 Å². The topological polar surface area (TPSA) is 69.8 Å². The molecule has 0 aromatic heterocycles. The summed E-state index contributed by atoms with van der Waals surface area (Å²) in [5.41, 5.74) is 5.55.